The molecule has 1 aliphatic heterocycles. The smallest absolute Gasteiger partial charge is 0.193 e. The topological polar surface area (TPSA) is 49.8 Å². The summed E-state index contributed by atoms with van der Waals surface area (Å²) >= 11 is 0. The summed E-state index contributed by atoms with van der Waals surface area (Å²) in [6.45, 7) is 5.82. The molecular weight excluding hydrogens is 252 g/mol. The molecule has 2 rings (SSSR count). The summed E-state index contributed by atoms with van der Waals surface area (Å²) in [5.41, 5.74) is 0. The minimum atomic E-state index is 0.605. The molecule has 0 aromatic carbocycles. The van der Waals surface area contributed by atoms with Gasteiger partial charge in [-0.1, -0.05) is 6.92 Å². The third-order valence-electron chi connectivity index (χ3n) is 3.46. The molecule has 0 saturated carbocycles. The Bertz CT molecular complexity index is 421. The summed E-state index contributed by atoms with van der Waals surface area (Å²) in [5.74, 6) is 2.52. The number of nitrogens with one attached hydrogen (secondary N) is 1. The van der Waals surface area contributed by atoms with E-state index < -0.39 is 0 Å². The van der Waals surface area contributed by atoms with Crippen LogP contribution in [0.15, 0.2) is 29.5 Å². The number of likely N-dealkylation sites (tertiary alicyclic amines) is 1. The Balaban J connectivity index is 1.71. The number of hydrogen-bond donors (Lipinski definition) is 1. The fraction of sp³-hybridized carbons (Fsp3) is 0.600. The van der Waals surface area contributed by atoms with E-state index >= 15 is 0 Å². The van der Waals surface area contributed by atoms with Crippen LogP contribution in [-0.4, -0.2) is 49.1 Å². The van der Waals surface area contributed by atoms with Crippen molar-refractivity contribution in [3.05, 3.63) is 24.5 Å². The van der Waals surface area contributed by atoms with E-state index in [0.717, 1.165) is 37.3 Å². The van der Waals surface area contributed by atoms with Gasteiger partial charge in [-0.3, -0.25) is 9.98 Å². The molecular formula is C15H24N4O. The number of rotatable bonds is 4. The fourth-order valence-corrected chi connectivity index (χ4v) is 2.48. The summed E-state index contributed by atoms with van der Waals surface area (Å²) in [6.07, 6.45) is 6.03. The zero-order valence-corrected chi connectivity index (χ0v) is 12.4. The first-order chi connectivity index (χ1) is 9.79. The van der Waals surface area contributed by atoms with Crippen LogP contribution in [-0.2, 0) is 0 Å². The number of guanidine groups is 1. The number of aliphatic imine (C=N–C) groups is 1. The van der Waals surface area contributed by atoms with Crippen LogP contribution in [0.1, 0.15) is 19.8 Å². The second-order valence-electron chi connectivity index (χ2n) is 5.20. The normalized spacial score (nSPS) is 19.8. The van der Waals surface area contributed by atoms with Crippen LogP contribution < -0.4 is 10.1 Å². The quantitative estimate of drug-likeness (QED) is 0.517. The first kappa shape index (κ1) is 14.6. The average molecular weight is 276 g/mol. The van der Waals surface area contributed by atoms with E-state index in [1.807, 2.05) is 19.2 Å². The number of nitrogens with zero attached hydrogens (tertiary/aromatic N) is 3. The van der Waals surface area contributed by atoms with Crippen molar-refractivity contribution in [2.24, 2.45) is 10.9 Å². The van der Waals surface area contributed by atoms with Crippen molar-refractivity contribution in [3.63, 3.8) is 0 Å². The third-order valence-corrected chi connectivity index (χ3v) is 3.46. The van der Waals surface area contributed by atoms with E-state index in [1.54, 1.807) is 12.4 Å². The van der Waals surface area contributed by atoms with Gasteiger partial charge in [0.05, 0.1) is 12.7 Å². The van der Waals surface area contributed by atoms with Gasteiger partial charge in [0.1, 0.15) is 12.4 Å². The Labute approximate surface area is 121 Å². The van der Waals surface area contributed by atoms with Gasteiger partial charge in [0.2, 0.25) is 0 Å². The molecule has 1 N–H and O–H groups in total. The maximum atomic E-state index is 5.61. The minimum absolute atomic E-state index is 0.605. The standard InChI is InChI=1S/C15H24N4O/c1-13-5-4-9-19(12-13)15(16-2)18-8-10-20-14-6-3-7-17-11-14/h3,6-7,11,13H,4-5,8-10,12H2,1-2H3,(H,16,18). The molecule has 1 atom stereocenters. The monoisotopic (exact) mass is 276 g/mol. The van der Waals surface area contributed by atoms with Crippen LogP contribution in [0, 0.1) is 5.92 Å². The lowest BCUT2D eigenvalue weighted by Gasteiger charge is -2.33. The van der Waals surface area contributed by atoms with Crippen LogP contribution in [0.4, 0.5) is 0 Å². The van der Waals surface area contributed by atoms with Gasteiger partial charge in [-0.15, -0.1) is 0 Å². The molecule has 0 amide bonds. The van der Waals surface area contributed by atoms with Crippen LogP contribution in [0.3, 0.4) is 0 Å². The highest BCUT2D eigenvalue weighted by Gasteiger charge is 2.18. The maximum Gasteiger partial charge on any atom is 0.193 e. The molecule has 0 radical (unpaired) electrons. The minimum Gasteiger partial charge on any atom is -0.490 e. The highest BCUT2D eigenvalue weighted by atomic mass is 16.5. The molecule has 2 heterocycles. The van der Waals surface area contributed by atoms with Crippen LogP contribution in [0.25, 0.3) is 0 Å². The molecule has 5 heteroatoms. The highest BCUT2D eigenvalue weighted by molar-refractivity contribution is 5.79. The van der Waals surface area contributed by atoms with Gasteiger partial charge < -0.3 is 15.0 Å². The number of ether oxygens (including phenoxy) is 1. The Morgan fingerprint density at radius 1 is 1.60 bits per heavy atom. The molecule has 1 aliphatic rings. The van der Waals surface area contributed by atoms with E-state index in [-0.39, 0.29) is 0 Å². The molecule has 5 nitrogen and oxygen atoms in total. The number of hydrogen-bond acceptors (Lipinski definition) is 3. The zero-order chi connectivity index (χ0) is 14.2. The van der Waals surface area contributed by atoms with Gasteiger partial charge in [0.15, 0.2) is 5.96 Å². The SMILES string of the molecule is CN=C(NCCOc1cccnc1)N1CCCC(C)C1. The Kier molecular flexibility index (Phi) is 5.65. The van der Waals surface area contributed by atoms with E-state index in [0.29, 0.717) is 6.61 Å². The van der Waals surface area contributed by atoms with Crippen LogP contribution in [0.2, 0.25) is 0 Å². The van der Waals surface area contributed by atoms with Crippen molar-refractivity contribution in [1.29, 1.82) is 0 Å². The Hall–Kier alpha value is -1.78. The van der Waals surface area contributed by atoms with E-state index in [2.05, 4.69) is 27.1 Å². The van der Waals surface area contributed by atoms with Crippen molar-refractivity contribution in [2.45, 2.75) is 19.8 Å². The Morgan fingerprint density at radius 3 is 3.20 bits per heavy atom. The van der Waals surface area contributed by atoms with Crippen molar-refractivity contribution >= 4 is 5.96 Å². The summed E-state index contributed by atoms with van der Waals surface area (Å²) in [7, 11) is 1.84. The molecule has 110 valence electrons. The van der Waals surface area contributed by atoms with Crippen molar-refractivity contribution in [1.82, 2.24) is 15.2 Å². The number of piperidine rings is 1. The first-order valence-electron chi connectivity index (χ1n) is 7.28. The first-order valence-corrected chi connectivity index (χ1v) is 7.28. The Morgan fingerprint density at radius 2 is 2.50 bits per heavy atom. The van der Waals surface area contributed by atoms with Gasteiger partial charge >= 0.3 is 0 Å². The zero-order valence-electron chi connectivity index (χ0n) is 12.4. The predicted octanol–water partition coefficient (Wildman–Crippen LogP) is 1.77. The van der Waals surface area contributed by atoms with Gasteiger partial charge in [-0.2, -0.15) is 0 Å². The van der Waals surface area contributed by atoms with E-state index in [4.69, 9.17) is 4.74 Å². The van der Waals surface area contributed by atoms with Gasteiger partial charge in [-0.25, -0.2) is 0 Å². The van der Waals surface area contributed by atoms with Crippen molar-refractivity contribution in [2.75, 3.05) is 33.3 Å². The summed E-state index contributed by atoms with van der Waals surface area (Å²) in [4.78, 5) is 10.7. The third kappa shape index (κ3) is 4.40. The maximum absolute atomic E-state index is 5.61. The lowest BCUT2D eigenvalue weighted by atomic mass is 10.0. The van der Waals surface area contributed by atoms with Crippen molar-refractivity contribution < 1.29 is 4.74 Å². The van der Waals surface area contributed by atoms with Crippen LogP contribution >= 0.6 is 0 Å². The molecule has 1 fully saturated rings. The molecule has 1 aromatic rings. The van der Waals surface area contributed by atoms with Gasteiger partial charge in [0.25, 0.3) is 0 Å². The summed E-state index contributed by atoms with van der Waals surface area (Å²) in [6, 6.07) is 3.78. The number of aromatic nitrogens is 1. The highest BCUT2D eigenvalue weighted by Crippen LogP contribution is 2.15. The van der Waals surface area contributed by atoms with E-state index in [1.165, 1.54) is 12.8 Å². The molecule has 1 unspecified atom stereocenters. The largest absolute Gasteiger partial charge is 0.490 e. The average Bonchev–Trinajstić information content (AvgIpc) is 2.48. The van der Waals surface area contributed by atoms with E-state index in [9.17, 15) is 0 Å². The molecule has 20 heavy (non-hydrogen) atoms. The molecule has 1 aromatic heterocycles. The molecule has 0 spiro atoms. The van der Waals surface area contributed by atoms with Crippen LogP contribution in [0.5, 0.6) is 5.75 Å². The second kappa shape index (κ2) is 7.72. The fourth-order valence-electron chi connectivity index (χ4n) is 2.48. The van der Waals surface area contributed by atoms with Gasteiger partial charge in [-0.05, 0) is 30.9 Å². The lowest BCUT2D eigenvalue weighted by Crippen LogP contribution is -2.47. The second-order valence-corrected chi connectivity index (χ2v) is 5.20. The molecule has 1 saturated heterocycles. The lowest BCUT2D eigenvalue weighted by molar-refractivity contribution is 0.262. The summed E-state index contributed by atoms with van der Waals surface area (Å²) < 4.78 is 5.61. The summed E-state index contributed by atoms with van der Waals surface area (Å²) in [5, 5.41) is 3.36. The molecule has 0 aliphatic carbocycles. The molecule has 0 bridgehead atoms. The van der Waals surface area contributed by atoms with Gasteiger partial charge in [0, 0.05) is 26.3 Å². The number of pyridine rings is 1. The van der Waals surface area contributed by atoms with Crippen molar-refractivity contribution in [3.8, 4) is 5.75 Å². The predicted molar refractivity (Wildman–Crippen MR) is 81.1 cm³/mol.